The van der Waals surface area contributed by atoms with E-state index in [9.17, 15) is 22.4 Å². The van der Waals surface area contributed by atoms with Gasteiger partial charge in [0.15, 0.2) is 0 Å². The van der Waals surface area contributed by atoms with Crippen LogP contribution in [-0.4, -0.2) is 62.2 Å². The van der Waals surface area contributed by atoms with E-state index in [0.29, 0.717) is 10.6 Å². The predicted molar refractivity (Wildman–Crippen MR) is 163 cm³/mol. The number of hydrogen-bond donors (Lipinski definition) is 1. The smallest absolute Gasteiger partial charge is 0.304 e. The molecule has 1 saturated carbocycles. The van der Waals surface area contributed by atoms with Crippen molar-refractivity contribution < 1.29 is 22.4 Å². The lowest BCUT2D eigenvalue weighted by Crippen LogP contribution is -2.55. The maximum atomic E-state index is 14.2. The fourth-order valence-electron chi connectivity index (χ4n) is 5.08. The number of benzene rings is 3. The lowest BCUT2D eigenvalue weighted by Gasteiger charge is -2.35. The first kappa shape index (κ1) is 31.5. The molecular weight excluding hydrogens is 579 g/mol. The maximum absolute atomic E-state index is 14.2. The van der Waals surface area contributed by atoms with E-state index in [1.165, 1.54) is 31.1 Å². The van der Waals surface area contributed by atoms with Crippen LogP contribution < -0.4 is 9.62 Å². The van der Waals surface area contributed by atoms with Crippen molar-refractivity contribution in [2.24, 2.45) is 0 Å². The molecule has 1 atom stereocenters. The molecule has 3 aromatic carbocycles. The van der Waals surface area contributed by atoms with Crippen LogP contribution in [0, 0.1) is 5.82 Å². The van der Waals surface area contributed by atoms with Crippen molar-refractivity contribution in [3.63, 3.8) is 0 Å². The second kappa shape index (κ2) is 14.1. The summed E-state index contributed by atoms with van der Waals surface area (Å²) >= 11 is 6.26. The number of halogens is 2. The second-order valence-corrected chi connectivity index (χ2v) is 13.1. The zero-order valence-electron chi connectivity index (χ0n) is 23.7. The number of anilines is 1. The van der Waals surface area contributed by atoms with Crippen LogP contribution in [0.2, 0.25) is 5.02 Å². The van der Waals surface area contributed by atoms with Crippen molar-refractivity contribution in [2.75, 3.05) is 24.9 Å². The van der Waals surface area contributed by atoms with Gasteiger partial charge in [0.05, 0.1) is 5.69 Å². The number of hydrogen-bond acceptors (Lipinski definition) is 4. The van der Waals surface area contributed by atoms with E-state index >= 15 is 0 Å². The van der Waals surface area contributed by atoms with Crippen molar-refractivity contribution in [2.45, 2.75) is 50.7 Å². The quantitative estimate of drug-likeness (QED) is 0.318. The minimum Gasteiger partial charge on any atom is -0.352 e. The van der Waals surface area contributed by atoms with Crippen molar-refractivity contribution in [3.8, 4) is 0 Å². The first-order valence-electron chi connectivity index (χ1n) is 13.9. The molecule has 1 aliphatic carbocycles. The summed E-state index contributed by atoms with van der Waals surface area (Å²) in [5.74, 6) is -1.43. The predicted octanol–water partition coefficient (Wildman–Crippen LogP) is 4.79. The van der Waals surface area contributed by atoms with Gasteiger partial charge in [0.1, 0.15) is 18.4 Å². The highest BCUT2D eigenvalue weighted by Crippen LogP contribution is 2.24. The molecule has 0 aliphatic heterocycles. The van der Waals surface area contributed by atoms with Gasteiger partial charge in [0.25, 0.3) is 0 Å². The maximum Gasteiger partial charge on any atom is 0.304 e. The Bertz CT molecular complexity index is 1470. The highest BCUT2D eigenvalue weighted by molar-refractivity contribution is 7.90. The van der Waals surface area contributed by atoms with Gasteiger partial charge in [0, 0.05) is 38.1 Å². The molecule has 0 radical (unpaired) electrons. The Hall–Kier alpha value is -3.47. The number of rotatable bonds is 12. The highest BCUT2D eigenvalue weighted by atomic mass is 35.5. The van der Waals surface area contributed by atoms with Gasteiger partial charge in [0.2, 0.25) is 11.8 Å². The van der Waals surface area contributed by atoms with Crippen LogP contribution in [0.3, 0.4) is 0 Å². The van der Waals surface area contributed by atoms with E-state index in [1.54, 1.807) is 24.3 Å². The SMILES string of the molecule is CN(C)S(=O)(=O)N(CC(=O)N(Cc1cccc(Cl)c1)[C@@H](Cc1ccccc1)C(=O)NC1CCCC1)c1ccc(F)cc1. The molecule has 8 nitrogen and oxygen atoms in total. The third-order valence-electron chi connectivity index (χ3n) is 7.35. The van der Waals surface area contributed by atoms with E-state index in [0.717, 1.165) is 52.0 Å². The normalized spacial score (nSPS) is 14.5. The minimum absolute atomic E-state index is 0.0173. The van der Waals surface area contributed by atoms with E-state index in [4.69, 9.17) is 11.6 Å². The number of nitrogens with zero attached hydrogens (tertiary/aromatic N) is 3. The summed E-state index contributed by atoms with van der Waals surface area (Å²) in [6, 6.07) is 20.3. The van der Waals surface area contributed by atoms with Crippen LogP contribution in [0.15, 0.2) is 78.9 Å². The molecule has 11 heteroatoms. The number of carbonyl (C=O) groups excluding carboxylic acids is 2. The molecule has 0 unspecified atom stereocenters. The lowest BCUT2D eigenvalue weighted by molar-refractivity contribution is -0.140. The van der Waals surface area contributed by atoms with E-state index in [1.807, 2.05) is 30.3 Å². The zero-order valence-corrected chi connectivity index (χ0v) is 25.3. The third-order valence-corrected chi connectivity index (χ3v) is 9.40. The highest BCUT2D eigenvalue weighted by Gasteiger charge is 2.35. The van der Waals surface area contributed by atoms with Crippen molar-refractivity contribution in [3.05, 3.63) is 101 Å². The Morgan fingerprint density at radius 1 is 0.952 bits per heavy atom. The third kappa shape index (κ3) is 8.08. The van der Waals surface area contributed by atoms with Gasteiger partial charge in [-0.05, 0) is 60.4 Å². The summed E-state index contributed by atoms with van der Waals surface area (Å²) in [5, 5.41) is 3.60. The van der Waals surface area contributed by atoms with Gasteiger partial charge in [-0.3, -0.25) is 9.59 Å². The van der Waals surface area contributed by atoms with Crippen molar-refractivity contribution in [1.82, 2.24) is 14.5 Å². The van der Waals surface area contributed by atoms with Gasteiger partial charge in [-0.15, -0.1) is 0 Å². The average Bonchev–Trinajstić information content (AvgIpc) is 3.47. The van der Waals surface area contributed by atoms with Crippen LogP contribution >= 0.6 is 11.6 Å². The van der Waals surface area contributed by atoms with Crippen molar-refractivity contribution >= 4 is 39.3 Å². The topological polar surface area (TPSA) is 90.0 Å². The van der Waals surface area contributed by atoms with Crippen LogP contribution in [0.5, 0.6) is 0 Å². The molecule has 1 N–H and O–H groups in total. The molecule has 4 rings (SSSR count). The van der Waals surface area contributed by atoms with E-state index in [-0.39, 0.29) is 30.6 Å². The summed E-state index contributed by atoms with van der Waals surface area (Å²) in [7, 11) is -1.45. The molecule has 1 fully saturated rings. The van der Waals surface area contributed by atoms with Gasteiger partial charge in [-0.2, -0.15) is 12.7 Å². The van der Waals surface area contributed by atoms with Gasteiger partial charge in [-0.1, -0.05) is 66.9 Å². The fraction of sp³-hybridized carbons (Fsp3) is 0.355. The average molecular weight is 615 g/mol. The molecule has 1 aliphatic rings. The monoisotopic (exact) mass is 614 g/mol. The Kier molecular flexibility index (Phi) is 10.6. The largest absolute Gasteiger partial charge is 0.352 e. The summed E-state index contributed by atoms with van der Waals surface area (Å²) in [5.41, 5.74) is 1.66. The zero-order chi connectivity index (χ0) is 30.3. The summed E-state index contributed by atoms with van der Waals surface area (Å²) in [4.78, 5) is 29.6. The molecule has 3 aromatic rings. The van der Waals surface area contributed by atoms with Crippen LogP contribution in [0.4, 0.5) is 10.1 Å². The molecule has 42 heavy (non-hydrogen) atoms. The van der Waals surface area contributed by atoms with Crippen LogP contribution in [0.25, 0.3) is 0 Å². The second-order valence-electron chi connectivity index (χ2n) is 10.6. The summed E-state index contributed by atoms with van der Waals surface area (Å²) < 4.78 is 42.4. The first-order chi connectivity index (χ1) is 20.0. The van der Waals surface area contributed by atoms with Crippen molar-refractivity contribution in [1.29, 1.82) is 0 Å². The minimum atomic E-state index is -4.16. The Labute approximate surface area is 252 Å². The molecule has 0 heterocycles. The molecule has 0 saturated heterocycles. The van der Waals surface area contributed by atoms with Gasteiger partial charge in [-0.25, -0.2) is 8.70 Å². The fourth-order valence-corrected chi connectivity index (χ4v) is 6.35. The molecule has 224 valence electrons. The molecule has 0 bridgehead atoms. The van der Waals surface area contributed by atoms with Gasteiger partial charge < -0.3 is 10.2 Å². The number of carbonyl (C=O) groups is 2. The van der Waals surface area contributed by atoms with Gasteiger partial charge >= 0.3 is 10.2 Å². The molecule has 2 amide bonds. The van der Waals surface area contributed by atoms with Crippen LogP contribution in [-0.2, 0) is 32.8 Å². The molecule has 0 spiro atoms. The van der Waals surface area contributed by atoms with Crippen LogP contribution in [0.1, 0.15) is 36.8 Å². The molecule has 0 aromatic heterocycles. The summed E-state index contributed by atoms with van der Waals surface area (Å²) in [6.07, 6.45) is 4.00. The lowest BCUT2D eigenvalue weighted by atomic mass is 10.0. The Balaban J connectivity index is 1.75. The summed E-state index contributed by atoms with van der Waals surface area (Å²) in [6.45, 7) is -0.580. The van der Waals surface area contributed by atoms with E-state index < -0.39 is 34.5 Å². The number of amides is 2. The van der Waals surface area contributed by atoms with E-state index in [2.05, 4.69) is 5.32 Å². The Morgan fingerprint density at radius 3 is 2.21 bits per heavy atom. The molecular formula is C31H36ClFN4O4S. The first-order valence-corrected chi connectivity index (χ1v) is 15.7. The number of nitrogens with one attached hydrogen (secondary N) is 1. The standard InChI is InChI=1S/C31H36ClFN4O4S/c1-35(2)42(40,41)37(28-17-15-26(33)16-18-28)22-30(38)36(21-24-11-8-12-25(32)19-24)29(20-23-9-4-3-5-10-23)31(39)34-27-13-6-7-14-27/h3-5,8-12,15-19,27,29H,6-7,13-14,20-22H2,1-2H3,(H,34,39)/t29-/m0/s1. The Morgan fingerprint density at radius 2 is 1.60 bits per heavy atom.